The molecule has 1 heterocycles. The van der Waals surface area contributed by atoms with Crippen LogP contribution in [0.4, 0.5) is 22.9 Å². The molecule has 1 unspecified atom stereocenters. The third-order valence-corrected chi connectivity index (χ3v) is 5.56. The number of nitrogens with zero attached hydrogens (tertiary/aromatic N) is 4. The Balaban J connectivity index is 0.00000392. The minimum absolute atomic E-state index is 0. The summed E-state index contributed by atoms with van der Waals surface area (Å²) in [6.07, 6.45) is 2.57. The normalized spacial score (nSPS) is 12.6. The van der Waals surface area contributed by atoms with Gasteiger partial charge in [0.1, 0.15) is 5.69 Å². The number of benzene rings is 1. The summed E-state index contributed by atoms with van der Waals surface area (Å²) in [5, 5.41) is 7.11. The average molecular weight is 480 g/mol. The van der Waals surface area contributed by atoms with Gasteiger partial charge in [-0.2, -0.15) is 8.42 Å². The van der Waals surface area contributed by atoms with Crippen molar-refractivity contribution in [2.75, 3.05) is 17.2 Å². The Hall–Kier alpha value is -1.04. The van der Waals surface area contributed by atoms with Gasteiger partial charge in [0.25, 0.3) is 10.1 Å². The van der Waals surface area contributed by atoms with Gasteiger partial charge in [0.05, 0.1) is 5.69 Å². The molecule has 8 nitrogen and oxygen atoms in total. The van der Waals surface area contributed by atoms with Gasteiger partial charge in [-0.1, -0.05) is 13.8 Å². The van der Waals surface area contributed by atoms with Crippen LogP contribution in [0, 0.1) is 0 Å². The molecular formula is C17H23BrN5NaO3S. The number of hydrogen-bond acceptors (Lipinski definition) is 7. The number of pyridine rings is 1. The van der Waals surface area contributed by atoms with Crippen LogP contribution in [0.2, 0.25) is 0 Å². The van der Waals surface area contributed by atoms with Crippen LogP contribution in [0.5, 0.6) is 0 Å². The van der Waals surface area contributed by atoms with E-state index in [1.165, 1.54) is 0 Å². The summed E-state index contributed by atoms with van der Waals surface area (Å²) in [6.45, 7) is 4.10. The molecule has 148 valence electrons. The van der Waals surface area contributed by atoms with E-state index in [0.717, 1.165) is 4.47 Å². The predicted molar refractivity (Wildman–Crippen MR) is 117 cm³/mol. The molecule has 0 aliphatic carbocycles. The number of anilines is 2. The molecule has 2 aromatic rings. The van der Waals surface area contributed by atoms with Crippen LogP contribution in [0.1, 0.15) is 26.7 Å². The van der Waals surface area contributed by atoms with Crippen LogP contribution >= 0.6 is 15.9 Å². The topological polar surface area (TPSA) is 121 Å². The van der Waals surface area contributed by atoms with Crippen molar-refractivity contribution in [3.05, 3.63) is 41.0 Å². The molecule has 0 radical (unpaired) electrons. The zero-order chi connectivity index (χ0) is 20.0. The van der Waals surface area contributed by atoms with E-state index in [2.05, 4.69) is 31.1 Å². The van der Waals surface area contributed by atoms with Crippen molar-refractivity contribution >= 4 is 78.5 Å². The van der Waals surface area contributed by atoms with E-state index >= 15 is 0 Å². The molecule has 3 N–H and O–H groups in total. The van der Waals surface area contributed by atoms with Crippen molar-refractivity contribution in [3.63, 3.8) is 0 Å². The van der Waals surface area contributed by atoms with Gasteiger partial charge in [-0.15, -0.1) is 10.2 Å². The van der Waals surface area contributed by atoms with Crippen LogP contribution in [0.25, 0.3) is 0 Å². The Morgan fingerprint density at radius 3 is 2.46 bits per heavy atom. The number of rotatable bonds is 8. The second-order valence-corrected chi connectivity index (χ2v) is 8.34. The summed E-state index contributed by atoms with van der Waals surface area (Å²) >= 11 is 3.30. The minimum atomic E-state index is -4.23. The number of halogens is 1. The summed E-state index contributed by atoms with van der Waals surface area (Å²) < 4.78 is 33.8. The Bertz CT molecular complexity index is 910. The predicted octanol–water partition coefficient (Wildman–Crippen LogP) is 4.03. The quantitative estimate of drug-likeness (QED) is 0.255. The molecule has 0 bridgehead atoms. The fourth-order valence-corrected chi connectivity index (χ4v) is 3.82. The molecule has 2 rings (SSSR count). The molecule has 0 amide bonds. The van der Waals surface area contributed by atoms with Crippen LogP contribution in [0.15, 0.2) is 51.2 Å². The number of nitrogen functional groups attached to an aromatic ring is 1. The Labute approximate surface area is 195 Å². The molecule has 0 aliphatic rings. The first-order valence-corrected chi connectivity index (χ1v) is 10.7. The molecule has 0 saturated heterocycles. The van der Waals surface area contributed by atoms with E-state index in [-0.39, 0.29) is 36.0 Å². The Morgan fingerprint density at radius 1 is 1.25 bits per heavy atom. The van der Waals surface area contributed by atoms with Crippen LogP contribution in [-0.2, 0) is 10.1 Å². The van der Waals surface area contributed by atoms with E-state index in [1.54, 1.807) is 48.4 Å². The van der Waals surface area contributed by atoms with Crippen molar-refractivity contribution < 1.29 is 13.0 Å². The van der Waals surface area contributed by atoms with E-state index in [9.17, 15) is 13.0 Å². The maximum absolute atomic E-state index is 11.7. The Morgan fingerprint density at radius 2 is 1.96 bits per heavy atom. The summed E-state index contributed by atoms with van der Waals surface area (Å²) in [5.41, 5.74) is 7.46. The molecule has 11 heteroatoms. The summed E-state index contributed by atoms with van der Waals surface area (Å²) in [6, 6.07) is 8.51. The maximum atomic E-state index is 11.7. The molecule has 0 aliphatic heterocycles. The zero-order valence-corrected chi connectivity index (χ0v) is 17.5. The van der Waals surface area contributed by atoms with Gasteiger partial charge in [0, 0.05) is 22.9 Å². The molecule has 1 atom stereocenters. The third-order valence-electron chi connectivity index (χ3n) is 3.82. The summed E-state index contributed by atoms with van der Waals surface area (Å²) in [4.78, 5) is 5.73. The summed E-state index contributed by atoms with van der Waals surface area (Å²) in [5.74, 6) is 0.437. The summed E-state index contributed by atoms with van der Waals surface area (Å²) in [7, 11) is -4.23. The first kappa shape index (κ1) is 25.0. The number of hydrogen-bond donors (Lipinski definition) is 2. The number of aromatic nitrogens is 1. The fourth-order valence-electron chi connectivity index (χ4n) is 2.62. The van der Waals surface area contributed by atoms with Gasteiger partial charge in [0.2, 0.25) is 0 Å². The average Bonchev–Trinajstić information content (AvgIpc) is 2.61. The van der Waals surface area contributed by atoms with E-state index in [1.807, 2.05) is 6.92 Å². The first-order valence-electron chi connectivity index (χ1n) is 8.42. The zero-order valence-electron chi connectivity index (χ0n) is 15.1. The second kappa shape index (κ2) is 11.2. The van der Waals surface area contributed by atoms with E-state index in [0.29, 0.717) is 35.8 Å². The molecule has 1 aromatic carbocycles. The third kappa shape index (κ3) is 6.78. The molecule has 28 heavy (non-hydrogen) atoms. The van der Waals surface area contributed by atoms with Gasteiger partial charge in [-0.25, -0.2) is 4.98 Å². The molecule has 1 aromatic heterocycles. The second-order valence-electron chi connectivity index (χ2n) is 5.85. The molecule has 0 spiro atoms. The number of azo groups is 1. The Kier molecular flexibility index (Phi) is 10.0. The number of nitrogens with two attached hydrogens (primary N) is 1. The van der Waals surface area contributed by atoms with Gasteiger partial charge < -0.3 is 10.6 Å². The van der Waals surface area contributed by atoms with Crippen LogP contribution < -0.4 is 10.6 Å². The van der Waals surface area contributed by atoms with Gasteiger partial charge in [0.15, 0.2) is 11.2 Å². The molecular weight excluding hydrogens is 457 g/mol. The van der Waals surface area contributed by atoms with Crippen molar-refractivity contribution in [1.82, 2.24) is 4.98 Å². The van der Waals surface area contributed by atoms with E-state index in [4.69, 9.17) is 5.73 Å². The fraction of sp³-hybridized carbons (Fsp3) is 0.353. The van der Waals surface area contributed by atoms with Gasteiger partial charge >= 0.3 is 29.6 Å². The van der Waals surface area contributed by atoms with E-state index < -0.39 is 15.5 Å². The monoisotopic (exact) mass is 479 g/mol. The molecule has 0 saturated carbocycles. The van der Waals surface area contributed by atoms with Crippen LogP contribution in [0.3, 0.4) is 0 Å². The van der Waals surface area contributed by atoms with Crippen LogP contribution in [-0.4, -0.2) is 59.4 Å². The SMILES string of the molecule is CCCN(c1ccc(N=Nc2ccc(Br)cn2)c(N)c1)C(CC)S(=O)(=O)O.[NaH]. The van der Waals surface area contributed by atoms with Crippen molar-refractivity contribution in [3.8, 4) is 0 Å². The molecule has 0 fully saturated rings. The standard InChI is InChI=1S/C17H22BrN5O3S.Na.H/c1-3-9-23(17(4-2)27(24,25)26)13-6-7-15(14(19)10-13)21-22-16-8-5-12(18)11-20-16;;/h5-8,10-11,17H,3-4,9,19H2,1-2H3,(H,24,25,26);;. The van der Waals surface area contributed by atoms with Crippen molar-refractivity contribution in [2.45, 2.75) is 32.1 Å². The van der Waals surface area contributed by atoms with Gasteiger partial charge in [-0.3, -0.25) is 4.55 Å². The first-order chi connectivity index (χ1) is 12.8. The van der Waals surface area contributed by atoms with Crippen molar-refractivity contribution in [2.24, 2.45) is 10.2 Å². The van der Waals surface area contributed by atoms with Crippen molar-refractivity contribution in [1.29, 1.82) is 0 Å². The van der Waals surface area contributed by atoms with Gasteiger partial charge in [-0.05, 0) is 59.1 Å².